The summed E-state index contributed by atoms with van der Waals surface area (Å²) in [6, 6.07) is 142. The van der Waals surface area contributed by atoms with E-state index in [-0.39, 0.29) is 0 Å². The fourth-order valence-electron chi connectivity index (χ4n) is 17.2. The molecule has 0 saturated carbocycles. The highest BCUT2D eigenvalue weighted by atomic mass is 32.1. The van der Waals surface area contributed by atoms with Crippen LogP contribution in [0.1, 0.15) is 0 Å². The lowest BCUT2D eigenvalue weighted by molar-refractivity contribution is 0.669. The molecule has 0 saturated heterocycles. The summed E-state index contributed by atoms with van der Waals surface area (Å²) < 4.78 is 13.7. The van der Waals surface area contributed by atoms with E-state index in [1.165, 1.54) is 30.9 Å². The molecule has 0 aliphatic carbocycles. The minimum Gasteiger partial charge on any atom is -0.456 e. The number of furan rings is 1. The fraction of sp³-hybridized carbons (Fsp3) is 0. The minimum atomic E-state index is 0.538. The van der Waals surface area contributed by atoms with E-state index in [9.17, 15) is 0 Å². The maximum atomic E-state index is 6.43. The predicted octanol–water partition coefficient (Wildman–Crippen LogP) is 27.8. The summed E-state index contributed by atoms with van der Waals surface area (Å²) in [5.74, 6) is 4.68. The summed E-state index contributed by atoms with van der Waals surface area (Å²) in [5, 5.41) is 9.36. The lowest BCUT2D eigenvalue weighted by Crippen LogP contribution is -2.04. The summed E-state index contributed by atoms with van der Waals surface area (Å²) in [6.45, 7) is 0. The highest BCUT2D eigenvalue weighted by Crippen LogP contribution is 2.48. The van der Waals surface area contributed by atoms with E-state index >= 15 is 0 Å². The predicted molar refractivity (Wildman–Crippen MR) is 505 cm³/mol. The molecule has 13 nitrogen and oxygen atoms in total. The zero-order chi connectivity index (χ0) is 82.0. The average molecular weight is 1610 g/mol. The number of nitrogens with zero attached hydrogens (tertiary/aromatic N) is 12. The highest BCUT2D eigenvalue weighted by molar-refractivity contribution is 7.26. The molecule has 124 heavy (non-hydrogen) atoms. The Bertz CT molecular complexity index is 7500. The van der Waals surface area contributed by atoms with Gasteiger partial charge in [0.15, 0.2) is 46.6 Å². The van der Waals surface area contributed by atoms with Gasteiger partial charge < -0.3 is 13.6 Å². The van der Waals surface area contributed by atoms with Crippen LogP contribution in [-0.2, 0) is 0 Å². The molecule has 24 aromatic rings. The summed E-state index contributed by atoms with van der Waals surface area (Å²) in [6.07, 6.45) is 0. The van der Waals surface area contributed by atoms with Crippen molar-refractivity contribution in [3.8, 4) is 148 Å². The Labute approximate surface area is 715 Å². The first-order valence-electron chi connectivity index (χ1n) is 41.2. The maximum Gasteiger partial charge on any atom is 0.166 e. The number of rotatable bonds is 14. The average Bonchev–Trinajstić information content (AvgIpc) is 1.54. The lowest BCUT2D eigenvalue weighted by atomic mass is 10.0. The Morgan fingerprint density at radius 1 is 0.185 bits per heavy atom. The molecule has 0 amide bonds. The number of fused-ring (bicyclic) bond motifs is 14. The van der Waals surface area contributed by atoms with Gasteiger partial charge in [0.2, 0.25) is 0 Å². The zero-order valence-corrected chi connectivity index (χ0v) is 67.3. The third-order valence-electron chi connectivity index (χ3n) is 23.0. The van der Waals surface area contributed by atoms with Crippen LogP contribution in [0.15, 0.2) is 417 Å². The Morgan fingerprint density at radius 3 is 0.952 bits per heavy atom. The van der Waals surface area contributed by atoms with Crippen LogP contribution in [0.5, 0.6) is 0 Å². The molecule has 8 heterocycles. The maximum absolute atomic E-state index is 6.43. The molecule has 580 valence electrons. The molecule has 0 unspecified atom stereocenters. The summed E-state index contributed by atoms with van der Waals surface area (Å²) >= 11 is 1.84. The number of benzene rings is 16. The van der Waals surface area contributed by atoms with Gasteiger partial charge in [0, 0.05) is 119 Å². The van der Waals surface area contributed by atoms with Crippen molar-refractivity contribution in [2.45, 2.75) is 0 Å². The molecule has 0 atom stereocenters. The molecule has 24 rings (SSSR count). The molecule has 0 fully saturated rings. The van der Waals surface area contributed by atoms with Crippen molar-refractivity contribution in [3.05, 3.63) is 413 Å². The van der Waals surface area contributed by atoms with Crippen molar-refractivity contribution in [3.63, 3.8) is 0 Å². The van der Waals surface area contributed by atoms with Gasteiger partial charge in [0.05, 0.1) is 56.2 Å². The van der Waals surface area contributed by atoms with Crippen LogP contribution in [0.3, 0.4) is 0 Å². The van der Waals surface area contributed by atoms with E-state index in [0.29, 0.717) is 46.6 Å². The number of aromatic nitrogens is 12. The van der Waals surface area contributed by atoms with Crippen LogP contribution in [0.25, 0.3) is 233 Å². The van der Waals surface area contributed by atoms with E-state index in [1.807, 2.05) is 230 Å². The van der Waals surface area contributed by atoms with Crippen LogP contribution in [0, 0.1) is 0 Å². The first kappa shape index (κ1) is 72.5. The quantitative estimate of drug-likeness (QED) is 0.102. The topological polar surface area (TPSA) is 152 Å². The van der Waals surface area contributed by atoms with Crippen LogP contribution in [-0.4, -0.2) is 59.0 Å². The van der Waals surface area contributed by atoms with Crippen LogP contribution in [0.2, 0.25) is 0 Å². The van der Waals surface area contributed by atoms with Crippen molar-refractivity contribution in [1.29, 1.82) is 0 Å². The van der Waals surface area contributed by atoms with E-state index in [0.717, 1.165) is 156 Å². The molecule has 0 radical (unpaired) electrons. The largest absolute Gasteiger partial charge is 0.456 e. The van der Waals surface area contributed by atoms with Gasteiger partial charge in [-0.25, -0.2) is 49.8 Å². The van der Waals surface area contributed by atoms with Gasteiger partial charge in [0.1, 0.15) is 11.2 Å². The fourth-order valence-corrected chi connectivity index (χ4v) is 18.3. The second-order valence-electron chi connectivity index (χ2n) is 30.5. The first-order chi connectivity index (χ1) is 61.5. The summed E-state index contributed by atoms with van der Waals surface area (Å²) in [7, 11) is 0. The van der Waals surface area contributed by atoms with Crippen molar-refractivity contribution < 1.29 is 4.42 Å². The van der Waals surface area contributed by atoms with Crippen LogP contribution < -0.4 is 0 Å². The molecule has 0 N–H and O–H groups in total. The molecule has 0 aliphatic heterocycles. The van der Waals surface area contributed by atoms with E-state index in [1.54, 1.807) is 0 Å². The van der Waals surface area contributed by atoms with Gasteiger partial charge in [-0.15, -0.1) is 11.3 Å². The molecule has 14 heteroatoms. The molecule has 0 aliphatic rings. The number of hydrogen-bond acceptors (Lipinski definition) is 12. The SMILES string of the molecule is c1ccc(-c2cc(-c3ccc(-n4c5ccccc5c5c6c(ccc54)oc4ccccc46)c(-c4nc(-c5ccccc5)nc(-c5ccccc5)n4)c3)nc(-c3ccccc3)n2)cc1.c1ccc(-c2cc(-c3ccccc3)nc(-c3ccc(-n4c5ccccc5c5c6c(ccc54)sc4ccccc46)c(-c4nc(-c5ccccc5)nc(-c5ccccc5)n4)c3)n2)cc1. The van der Waals surface area contributed by atoms with Crippen LogP contribution >= 0.6 is 11.3 Å². The van der Waals surface area contributed by atoms with E-state index in [2.05, 4.69) is 203 Å². The lowest BCUT2D eigenvalue weighted by Gasteiger charge is -2.16. The number of thiophene rings is 1. The molecular formula is C110H68N12OS. The molecule has 16 aromatic carbocycles. The van der Waals surface area contributed by atoms with Gasteiger partial charge in [-0.1, -0.05) is 322 Å². The smallest absolute Gasteiger partial charge is 0.166 e. The summed E-state index contributed by atoms with van der Waals surface area (Å²) in [4.78, 5) is 52.1. The van der Waals surface area contributed by atoms with Crippen molar-refractivity contribution in [1.82, 2.24) is 59.0 Å². The highest BCUT2D eigenvalue weighted by Gasteiger charge is 2.27. The Balaban J connectivity index is 0.000000143. The van der Waals surface area contributed by atoms with Gasteiger partial charge in [0.25, 0.3) is 0 Å². The molecule has 8 aromatic heterocycles. The minimum absolute atomic E-state index is 0.538. The number of para-hydroxylation sites is 3. The standard InChI is InChI=1S/C55H34N6O.C55H34N6S/c1-5-17-35(18-6-1)43-34-44(57-52(56-43)36-19-7-2-8-20-36)39-29-30-46(42(33-39)55-59-53(37-21-9-3-10-22-37)58-54(60-55)38-23-11-4-12-24-38)61-45-27-15-13-25-40(45)50-47(61)31-32-49-51(50)41-26-14-16-28-48(41)62-49;1-5-17-35(18-6-1)43-34-44(36-19-7-2-8-20-36)57-54(56-43)39-29-30-46(42(33-39)55-59-52(37-21-9-3-10-22-37)58-53(60-55)38-23-11-4-12-24-38)61-45-27-15-13-25-40(45)50-47(61)31-32-49-51(50)41-26-14-16-28-48(41)62-49/h2*1-34H. The van der Waals surface area contributed by atoms with Crippen LogP contribution in [0.4, 0.5) is 0 Å². The van der Waals surface area contributed by atoms with E-state index < -0.39 is 0 Å². The van der Waals surface area contributed by atoms with Crippen molar-refractivity contribution in [2.24, 2.45) is 0 Å². The van der Waals surface area contributed by atoms with Gasteiger partial charge >= 0.3 is 0 Å². The Morgan fingerprint density at radius 2 is 0.508 bits per heavy atom. The second kappa shape index (κ2) is 30.9. The van der Waals surface area contributed by atoms with Gasteiger partial charge in [-0.3, -0.25) is 0 Å². The van der Waals surface area contributed by atoms with Gasteiger partial charge in [-0.2, -0.15) is 0 Å². The van der Waals surface area contributed by atoms with Crippen molar-refractivity contribution >= 4 is 97.1 Å². The number of hydrogen-bond donors (Lipinski definition) is 0. The third kappa shape index (κ3) is 13.1. The zero-order valence-electron chi connectivity index (χ0n) is 66.4. The Kier molecular flexibility index (Phi) is 18.1. The Hall–Kier alpha value is -16.7. The second-order valence-corrected chi connectivity index (χ2v) is 31.6. The van der Waals surface area contributed by atoms with Gasteiger partial charge in [-0.05, 0) is 91.0 Å². The van der Waals surface area contributed by atoms with Crippen molar-refractivity contribution in [2.75, 3.05) is 0 Å². The summed E-state index contributed by atoms with van der Waals surface area (Å²) in [5.41, 5.74) is 22.1. The first-order valence-corrected chi connectivity index (χ1v) is 42.0. The molecular weight excluding hydrogens is 1540 g/mol. The molecule has 0 bridgehead atoms. The molecule has 0 spiro atoms. The monoisotopic (exact) mass is 1600 g/mol. The third-order valence-corrected chi connectivity index (χ3v) is 24.1. The normalized spacial score (nSPS) is 11.5. The van der Waals surface area contributed by atoms with E-state index in [4.69, 9.17) is 54.3 Å².